The summed E-state index contributed by atoms with van der Waals surface area (Å²) in [6.45, 7) is 0. The molecule has 4 nitrogen and oxygen atoms in total. The van der Waals surface area contributed by atoms with Crippen LogP contribution in [0.15, 0.2) is 168 Å². The van der Waals surface area contributed by atoms with Gasteiger partial charge in [-0.3, -0.25) is 4.57 Å². The van der Waals surface area contributed by atoms with E-state index in [0.29, 0.717) is 5.95 Å². The molecule has 0 bridgehead atoms. The topological polar surface area (TPSA) is 43.9 Å². The third-order valence-electron chi connectivity index (χ3n) is 11.0. The molecule has 0 radical (unpaired) electrons. The minimum atomic E-state index is 0.627. The van der Waals surface area contributed by atoms with Crippen LogP contribution in [0, 0.1) is 0 Å². The van der Waals surface area contributed by atoms with E-state index >= 15 is 0 Å². The first-order chi connectivity index (χ1) is 25.8. The molecule has 0 fully saturated rings. The number of hydrogen-bond acceptors (Lipinski definition) is 3. The summed E-state index contributed by atoms with van der Waals surface area (Å²) in [5.41, 5.74) is 6.52. The predicted octanol–water partition coefficient (Wildman–Crippen LogP) is 12.9. The molecule has 0 saturated heterocycles. The number of furan rings is 1. The van der Waals surface area contributed by atoms with Gasteiger partial charge in [0.25, 0.3) is 0 Å². The highest BCUT2D eigenvalue weighted by atomic mass is 16.3. The summed E-state index contributed by atoms with van der Waals surface area (Å²) in [5, 5.41) is 15.4. The first-order valence-electron chi connectivity index (χ1n) is 17.7. The normalized spacial score (nSPS) is 12.2. The summed E-state index contributed by atoms with van der Waals surface area (Å²) in [6, 6.07) is 58.1. The highest BCUT2D eigenvalue weighted by Gasteiger charge is 2.25. The molecule has 0 atom stereocenters. The van der Waals surface area contributed by atoms with Gasteiger partial charge in [-0.1, -0.05) is 140 Å². The first-order valence-corrected chi connectivity index (χ1v) is 17.7. The van der Waals surface area contributed by atoms with Crippen molar-refractivity contribution in [2.75, 3.05) is 0 Å². The van der Waals surface area contributed by atoms with Crippen molar-refractivity contribution in [3.05, 3.63) is 164 Å². The maximum atomic E-state index is 6.59. The minimum Gasteiger partial charge on any atom is -0.455 e. The van der Waals surface area contributed by atoms with Gasteiger partial charge in [-0.25, -0.2) is 9.97 Å². The lowest BCUT2D eigenvalue weighted by Crippen LogP contribution is -2.04. The molecule has 0 spiro atoms. The van der Waals surface area contributed by atoms with Crippen molar-refractivity contribution in [2.45, 2.75) is 0 Å². The second-order valence-corrected chi connectivity index (χ2v) is 13.6. The van der Waals surface area contributed by atoms with Crippen molar-refractivity contribution >= 4 is 97.7 Å². The third-order valence-corrected chi connectivity index (χ3v) is 11.0. The molecule has 0 N–H and O–H groups in total. The Balaban J connectivity index is 1.32. The van der Waals surface area contributed by atoms with Gasteiger partial charge < -0.3 is 4.42 Å². The second kappa shape index (κ2) is 10.3. The van der Waals surface area contributed by atoms with E-state index in [9.17, 15) is 0 Å². The van der Waals surface area contributed by atoms with Crippen LogP contribution in [0.2, 0.25) is 0 Å². The quantitative estimate of drug-likeness (QED) is 0.173. The van der Waals surface area contributed by atoms with E-state index in [2.05, 4.69) is 150 Å². The molecule has 0 aliphatic heterocycles. The molecule has 4 heteroatoms. The average molecular weight is 662 g/mol. The maximum Gasteiger partial charge on any atom is 0.235 e. The largest absolute Gasteiger partial charge is 0.455 e. The van der Waals surface area contributed by atoms with Gasteiger partial charge in [-0.05, 0) is 56.6 Å². The Morgan fingerprint density at radius 3 is 1.71 bits per heavy atom. The number of aromatic nitrogens is 3. The molecule has 0 unspecified atom stereocenters. The molecule has 3 heterocycles. The highest BCUT2D eigenvalue weighted by Crippen LogP contribution is 2.48. The fraction of sp³-hybridized carbons (Fsp3) is 0. The predicted molar refractivity (Wildman–Crippen MR) is 217 cm³/mol. The van der Waals surface area contributed by atoms with E-state index in [4.69, 9.17) is 14.4 Å². The van der Waals surface area contributed by atoms with Crippen molar-refractivity contribution in [2.24, 2.45) is 0 Å². The van der Waals surface area contributed by atoms with Crippen molar-refractivity contribution < 1.29 is 4.42 Å². The van der Waals surface area contributed by atoms with Gasteiger partial charge in [0.15, 0.2) is 0 Å². The van der Waals surface area contributed by atoms with Crippen LogP contribution < -0.4 is 0 Å². The van der Waals surface area contributed by atoms with Crippen LogP contribution >= 0.6 is 0 Å². The van der Waals surface area contributed by atoms with Gasteiger partial charge in [0, 0.05) is 37.9 Å². The molecule has 0 aliphatic rings. The molecule has 12 aromatic rings. The van der Waals surface area contributed by atoms with Gasteiger partial charge in [0.1, 0.15) is 11.2 Å². The molecule has 0 aliphatic carbocycles. The number of nitrogens with zero attached hydrogens (tertiary/aromatic N) is 3. The molecule has 52 heavy (non-hydrogen) atoms. The molecule has 9 aromatic carbocycles. The van der Waals surface area contributed by atoms with Crippen LogP contribution in [0.3, 0.4) is 0 Å². The standard InChI is InChI=1S/C48H27N3O/c1-2-14-28(15-3-1)45-44-38(27-26-36-31-18-11-13-25-40(31)52-47(36)44)49-48(50-45)51-39-24-12-10-23-37(39)43-42-33-20-7-5-17-30(33)29-16-4-6-19-32(29)41(42)34-21-8-9-22-35(34)46(43)51/h1-27H. The smallest absolute Gasteiger partial charge is 0.235 e. The molecule has 0 saturated carbocycles. The Bertz CT molecular complexity index is 3470. The number of fused-ring (bicyclic) bond motifs is 18. The second-order valence-electron chi connectivity index (χ2n) is 13.6. The van der Waals surface area contributed by atoms with Crippen LogP contribution in [-0.4, -0.2) is 14.5 Å². The fourth-order valence-corrected chi connectivity index (χ4v) is 8.84. The van der Waals surface area contributed by atoms with E-state index in [1.165, 1.54) is 53.9 Å². The zero-order valence-electron chi connectivity index (χ0n) is 27.8. The maximum absolute atomic E-state index is 6.59. The van der Waals surface area contributed by atoms with E-state index in [1.54, 1.807) is 0 Å². The van der Waals surface area contributed by atoms with Gasteiger partial charge in [-0.2, -0.15) is 0 Å². The monoisotopic (exact) mass is 661 g/mol. The van der Waals surface area contributed by atoms with Crippen LogP contribution in [0.5, 0.6) is 0 Å². The van der Waals surface area contributed by atoms with Crippen molar-refractivity contribution in [3.8, 4) is 17.2 Å². The van der Waals surface area contributed by atoms with Crippen molar-refractivity contribution in [1.82, 2.24) is 14.5 Å². The molecule has 240 valence electrons. The van der Waals surface area contributed by atoms with E-state index in [-0.39, 0.29) is 0 Å². The lowest BCUT2D eigenvalue weighted by molar-refractivity contribution is 0.672. The van der Waals surface area contributed by atoms with Gasteiger partial charge in [-0.15, -0.1) is 0 Å². The van der Waals surface area contributed by atoms with Gasteiger partial charge >= 0.3 is 0 Å². The lowest BCUT2D eigenvalue weighted by Gasteiger charge is -2.16. The Morgan fingerprint density at radius 2 is 0.962 bits per heavy atom. The number of benzene rings is 9. The molecular weight excluding hydrogens is 635 g/mol. The molecular formula is C48H27N3O. The Hall–Kier alpha value is -7.04. The van der Waals surface area contributed by atoms with Crippen LogP contribution in [-0.2, 0) is 0 Å². The SMILES string of the molecule is c1ccc(-c2nc(-n3c4ccccc4c4c5c6ccccc6c6ccccc6c5c5ccccc5c43)nc3ccc4c5ccccc5oc4c23)cc1. The Labute approximate surface area is 296 Å². The summed E-state index contributed by atoms with van der Waals surface area (Å²) in [5.74, 6) is 0.627. The van der Waals surface area contributed by atoms with Crippen LogP contribution in [0.25, 0.3) is 115 Å². The highest BCUT2D eigenvalue weighted by molar-refractivity contribution is 6.42. The Morgan fingerprint density at radius 1 is 0.385 bits per heavy atom. The Kier molecular flexibility index (Phi) is 5.47. The van der Waals surface area contributed by atoms with E-state index in [1.807, 2.05) is 18.2 Å². The van der Waals surface area contributed by atoms with Crippen molar-refractivity contribution in [1.29, 1.82) is 0 Å². The average Bonchev–Trinajstić information content (AvgIpc) is 3.77. The molecule has 12 rings (SSSR count). The van der Waals surface area contributed by atoms with E-state index in [0.717, 1.165) is 55.1 Å². The van der Waals surface area contributed by atoms with Gasteiger partial charge in [0.2, 0.25) is 5.95 Å². The first kappa shape index (κ1) is 27.7. The minimum absolute atomic E-state index is 0.627. The van der Waals surface area contributed by atoms with E-state index < -0.39 is 0 Å². The summed E-state index contributed by atoms with van der Waals surface area (Å²) in [4.78, 5) is 10.9. The van der Waals surface area contributed by atoms with Gasteiger partial charge in [0.05, 0.1) is 27.6 Å². The molecule has 3 aromatic heterocycles. The summed E-state index contributed by atoms with van der Waals surface area (Å²) in [7, 11) is 0. The fourth-order valence-electron chi connectivity index (χ4n) is 8.84. The zero-order chi connectivity index (χ0) is 33.9. The molecule has 0 amide bonds. The lowest BCUT2D eigenvalue weighted by atomic mass is 9.88. The number of para-hydroxylation sites is 2. The third kappa shape index (κ3) is 3.60. The number of rotatable bonds is 2. The summed E-state index contributed by atoms with van der Waals surface area (Å²) >= 11 is 0. The summed E-state index contributed by atoms with van der Waals surface area (Å²) in [6.07, 6.45) is 0. The van der Waals surface area contributed by atoms with Crippen LogP contribution in [0.1, 0.15) is 0 Å². The van der Waals surface area contributed by atoms with Crippen molar-refractivity contribution in [3.63, 3.8) is 0 Å². The summed E-state index contributed by atoms with van der Waals surface area (Å²) < 4.78 is 8.89. The number of hydrogen-bond donors (Lipinski definition) is 0. The zero-order valence-corrected chi connectivity index (χ0v) is 27.8. The van der Waals surface area contributed by atoms with Crippen LogP contribution in [0.4, 0.5) is 0 Å².